The second kappa shape index (κ2) is 16.5. The Balaban J connectivity index is 1.29. The van der Waals surface area contributed by atoms with Gasteiger partial charge in [0.05, 0.1) is 26.4 Å². The molecule has 0 spiro atoms. The average Bonchev–Trinajstić information content (AvgIpc) is 3.10. The van der Waals surface area contributed by atoms with E-state index in [1.165, 1.54) is 12.2 Å². The van der Waals surface area contributed by atoms with E-state index in [9.17, 15) is 19.3 Å². The quantitative estimate of drug-likeness (QED) is 0.0941. The summed E-state index contributed by atoms with van der Waals surface area (Å²) in [5.74, 6) is 0. The number of aliphatic hydroxyl groups is 2. The van der Waals surface area contributed by atoms with Crippen LogP contribution in [-0.4, -0.2) is 34.6 Å². The van der Waals surface area contributed by atoms with Crippen LogP contribution in [0.25, 0.3) is 0 Å². The first-order chi connectivity index (χ1) is 22.3. The summed E-state index contributed by atoms with van der Waals surface area (Å²) in [6, 6.07) is 36.2. The highest BCUT2D eigenvalue weighted by Gasteiger charge is 2.43. The number of phosphoric acid groups is 2. The number of hydrogen-bond donors (Lipinski definition) is 2. The fraction of sp³-hybridized carbons (Fsp3) is 0.235. The fourth-order valence-corrected chi connectivity index (χ4v) is 7.04. The summed E-state index contributed by atoms with van der Waals surface area (Å²) < 4.78 is 61.7. The molecule has 2 N–H and O–H groups in total. The van der Waals surface area contributed by atoms with Gasteiger partial charge in [-0.15, -0.1) is 0 Å². The van der Waals surface area contributed by atoms with Gasteiger partial charge in [-0.25, -0.2) is 9.13 Å². The standard InChI is InChI=1S/C34H36O10P2/c35-33-31(43-45(37,39-23-27-13-5-1-6-14-27)40-24-28-15-7-2-8-16-28)21-22-32(34(33)36)44-46(38,41-25-29-17-9-3-10-18-29)42-26-30-19-11-4-12-20-30/h1-22,31-36H,23-26H2/t31-,32-,33+,34+/m1/s1. The first-order valence-corrected chi connectivity index (χ1v) is 17.6. The van der Waals surface area contributed by atoms with E-state index in [2.05, 4.69) is 0 Å². The molecule has 242 valence electrons. The van der Waals surface area contributed by atoms with E-state index in [0.717, 1.165) is 22.3 Å². The number of phosphoric ester groups is 2. The summed E-state index contributed by atoms with van der Waals surface area (Å²) in [5.41, 5.74) is 2.91. The molecule has 1 aliphatic rings. The van der Waals surface area contributed by atoms with Crippen molar-refractivity contribution in [2.75, 3.05) is 0 Å². The Labute approximate surface area is 268 Å². The van der Waals surface area contributed by atoms with Gasteiger partial charge in [-0.3, -0.25) is 27.1 Å². The van der Waals surface area contributed by atoms with Crippen molar-refractivity contribution in [1.29, 1.82) is 0 Å². The molecule has 0 amide bonds. The van der Waals surface area contributed by atoms with Gasteiger partial charge in [-0.2, -0.15) is 0 Å². The second-order valence-electron chi connectivity index (χ2n) is 10.4. The minimum atomic E-state index is -4.30. The van der Waals surface area contributed by atoms with E-state index in [4.69, 9.17) is 27.1 Å². The van der Waals surface area contributed by atoms with E-state index < -0.39 is 40.1 Å². The summed E-state index contributed by atoms with van der Waals surface area (Å²) in [6.45, 7) is -0.355. The van der Waals surface area contributed by atoms with Crippen LogP contribution >= 0.6 is 15.6 Å². The van der Waals surface area contributed by atoms with Crippen LogP contribution in [0.4, 0.5) is 0 Å². The number of rotatable bonds is 16. The zero-order valence-electron chi connectivity index (χ0n) is 24.9. The Bertz CT molecular complexity index is 1390. The lowest BCUT2D eigenvalue weighted by molar-refractivity contribution is -0.0907. The number of hydrogen-bond acceptors (Lipinski definition) is 10. The van der Waals surface area contributed by atoms with Crippen molar-refractivity contribution in [3.8, 4) is 0 Å². The molecular weight excluding hydrogens is 630 g/mol. The van der Waals surface area contributed by atoms with Gasteiger partial charge in [0, 0.05) is 0 Å². The smallest absolute Gasteiger partial charge is 0.387 e. The predicted molar refractivity (Wildman–Crippen MR) is 171 cm³/mol. The van der Waals surface area contributed by atoms with Gasteiger partial charge in [-0.1, -0.05) is 133 Å². The summed E-state index contributed by atoms with van der Waals surface area (Å²) in [6.07, 6.45) is -3.29. The molecule has 4 aromatic rings. The van der Waals surface area contributed by atoms with Crippen LogP contribution in [0.3, 0.4) is 0 Å². The van der Waals surface area contributed by atoms with Crippen LogP contribution in [0.5, 0.6) is 0 Å². The average molecular weight is 667 g/mol. The summed E-state index contributed by atoms with van der Waals surface area (Å²) in [5, 5.41) is 22.1. The number of aliphatic hydroxyl groups excluding tert-OH is 2. The van der Waals surface area contributed by atoms with Crippen LogP contribution in [0.15, 0.2) is 133 Å². The van der Waals surface area contributed by atoms with Crippen LogP contribution in [-0.2, 0) is 62.7 Å². The first kappa shape index (κ1) is 34.1. The van der Waals surface area contributed by atoms with Crippen molar-refractivity contribution >= 4 is 15.6 Å². The monoisotopic (exact) mass is 666 g/mol. The Morgan fingerprint density at radius 1 is 0.435 bits per heavy atom. The maximum atomic E-state index is 13.8. The van der Waals surface area contributed by atoms with Crippen LogP contribution in [0.1, 0.15) is 22.3 Å². The van der Waals surface area contributed by atoms with Gasteiger partial charge in [0.15, 0.2) is 0 Å². The largest absolute Gasteiger partial charge is 0.476 e. The highest BCUT2D eigenvalue weighted by Crippen LogP contribution is 2.55. The maximum Gasteiger partial charge on any atom is 0.476 e. The Hall–Kier alpha value is -3.24. The SMILES string of the molecule is O=P(OCc1ccccc1)(OCc1ccccc1)O[C@@H]1C=C[C@@H](OP(=O)(OCc2ccccc2)OCc2ccccc2)[C@H](O)[C@H]1O. The van der Waals surface area contributed by atoms with E-state index in [1.807, 2.05) is 72.8 Å². The summed E-state index contributed by atoms with van der Waals surface area (Å²) in [4.78, 5) is 0. The topological polar surface area (TPSA) is 130 Å². The third-order valence-electron chi connectivity index (χ3n) is 6.94. The van der Waals surface area contributed by atoms with Crippen LogP contribution in [0.2, 0.25) is 0 Å². The Morgan fingerprint density at radius 3 is 0.913 bits per heavy atom. The molecule has 0 aromatic heterocycles. The van der Waals surface area contributed by atoms with Gasteiger partial charge in [0.1, 0.15) is 24.4 Å². The van der Waals surface area contributed by atoms with Gasteiger partial charge < -0.3 is 10.2 Å². The van der Waals surface area contributed by atoms with Gasteiger partial charge >= 0.3 is 15.6 Å². The molecule has 5 rings (SSSR count). The van der Waals surface area contributed by atoms with Crippen molar-refractivity contribution in [2.24, 2.45) is 0 Å². The molecular formula is C34H36O10P2. The van der Waals surface area contributed by atoms with E-state index >= 15 is 0 Å². The fourth-order valence-electron chi connectivity index (χ4n) is 4.44. The van der Waals surface area contributed by atoms with Crippen LogP contribution < -0.4 is 0 Å². The molecule has 0 heterocycles. The van der Waals surface area contributed by atoms with Gasteiger partial charge in [0.25, 0.3) is 0 Å². The van der Waals surface area contributed by atoms with Gasteiger partial charge in [0.2, 0.25) is 0 Å². The zero-order chi connectivity index (χ0) is 32.2. The van der Waals surface area contributed by atoms with E-state index in [-0.39, 0.29) is 26.4 Å². The lowest BCUT2D eigenvalue weighted by Gasteiger charge is -2.35. The molecule has 0 saturated carbocycles. The van der Waals surface area contributed by atoms with Crippen molar-refractivity contribution in [3.63, 3.8) is 0 Å². The molecule has 0 fully saturated rings. The molecule has 0 radical (unpaired) electrons. The Kier molecular flexibility index (Phi) is 12.3. The van der Waals surface area contributed by atoms with Crippen molar-refractivity contribution in [1.82, 2.24) is 0 Å². The highest BCUT2D eigenvalue weighted by molar-refractivity contribution is 7.48. The first-order valence-electron chi connectivity index (χ1n) is 14.7. The molecule has 0 bridgehead atoms. The molecule has 10 nitrogen and oxygen atoms in total. The van der Waals surface area contributed by atoms with Crippen molar-refractivity contribution in [3.05, 3.63) is 156 Å². The Morgan fingerprint density at radius 2 is 0.674 bits per heavy atom. The molecule has 0 aliphatic heterocycles. The molecule has 12 heteroatoms. The van der Waals surface area contributed by atoms with Gasteiger partial charge in [-0.05, 0) is 22.3 Å². The van der Waals surface area contributed by atoms with Crippen LogP contribution in [0, 0.1) is 0 Å². The molecule has 0 unspecified atom stereocenters. The van der Waals surface area contributed by atoms with E-state index in [0.29, 0.717) is 0 Å². The molecule has 0 saturated heterocycles. The molecule has 4 aromatic carbocycles. The zero-order valence-corrected chi connectivity index (χ0v) is 26.7. The molecule has 4 atom stereocenters. The lowest BCUT2D eigenvalue weighted by Crippen LogP contribution is -2.47. The van der Waals surface area contributed by atoms with Crippen molar-refractivity contribution < 1.29 is 46.5 Å². The minimum absolute atomic E-state index is 0.0889. The molecule has 1 aliphatic carbocycles. The normalized spacial score (nSPS) is 20.0. The third kappa shape index (κ3) is 10.1. The highest BCUT2D eigenvalue weighted by atomic mass is 31.2. The van der Waals surface area contributed by atoms with E-state index in [1.54, 1.807) is 48.5 Å². The molecule has 46 heavy (non-hydrogen) atoms. The van der Waals surface area contributed by atoms with Crippen molar-refractivity contribution in [2.45, 2.75) is 50.8 Å². The predicted octanol–water partition coefficient (Wildman–Crippen LogP) is 7.13. The number of benzene rings is 4. The lowest BCUT2D eigenvalue weighted by atomic mass is 9.96. The minimum Gasteiger partial charge on any atom is -0.387 e. The summed E-state index contributed by atoms with van der Waals surface area (Å²) >= 11 is 0. The second-order valence-corrected chi connectivity index (χ2v) is 13.7. The maximum absolute atomic E-state index is 13.8. The third-order valence-corrected chi connectivity index (χ3v) is 9.73. The summed E-state index contributed by atoms with van der Waals surface area (Å²) in [7, 11) is -8.60.